The third-order valence-corrected chi connectivity index (χ3v) is 6.47. The van der Waals surface area contributed by atoms with Gasteiger partial charge in [-0.25, -0.2) is 0 Å². The van der Waals surface area contributed by atoms with Crippen molar-refractivity contribution < 1.29 is 14.3 Å². The molecule has 6 rings (SSSR count). The number of benzene rings is 3. The Morgan fingerprint density at radius 2 is 1.80 bits per heavy atom. The molecule has 0 aromatic heterocycles. The number of anilines is 1. The van der Waals surface area contributed by atoms with Crippen LogP contribution < -0.4 is 14.8 Å². The van der Waals surface area contributed by atoms with Crippen LogP contribution in [0.3, 0.4) is 0 Å². The molecule has 30 heavy (non-hydrogen) atoms. The molecule has 2 aliphatic heterocycles. The number of carbonyl (C=O) groups is 1. The number of hydrogen-bond donors (Lipinski definition) is 1. The van der Waals surface area contributed by atoms with E-state index in [1.807, 2.05) is 24.3 Å². The van der Waals surface area contributed by atoms with Crippen LogP contribution >= 0.6 is 0 Å². The van der Waals surface area contributed by atoms with Crippen LogP contribution in [0, 0.1) is 5.41 Å². The van der Waals surface area contributed by atoms with Gasteiger partial charge in [-0.3, -0.25) is 4.79 Å². The van der Waals surface area contributed by atoms with Gasteiger partial charge in [0, 0.05) is 23.2 Å². The summed E-state index contributed by atoms with van der Waals surface area (Å²) in [5.74, 6) is 1.78. The van der Waals surface area contributed by atoms with Crippen molar-refractivity contribution in [1.82, 2.24) is 0 Å². The van der Waals surface area contributed by atoms with Crippen molar-refractivity contribution in [2.45, 2.75) is 32.7 Å². The highest BCUT2D eigenvalue weighted by atomic mass is 16.7. The van der Waals surface area contributed by atoms with E-state index in [-0.39, 0.29) is 24.0 Å². The fraction of sp³-hybridized carbons (Fsp3) is 0.269. The Labute approximate surface area is 175 Å². The van der Waals surface area contributed by atoms with Gasteiger partial charge < -0.3 is 14.8 Å². The summed E-state index contributed by atoms with van der Waals surface area (Å²) in [6, 6.07) is 18.6. The van der Waals surface area contributed by atoms with Crippen LogP contribution in [0.2, 0.25) is 0 Å². The first-order valence-electron chi connectivity index (χ1n) is 10.4. The first kappa shape index (κ1) is 17.6. The molecule has 0 fully saturated rings. The van der Waals surface area contributed by atoms with Crippen molar-refractivity contribution in [3.63, 3.8) is 0 Å². The topological polar surface area (TPSA) is 47.6 Å². The van der Waals surface area contributed by atoms with Crippen LogP contribution in [-0.2, 0) is 4.79 Å². The van der Waals surface area contributed by atoms with Crippen LogP contribution in [-0.4, -0.2) is 12.6 Å². The molecule has 4 nitrogen and oxygen atoms in total. The van der Waals surface area contributed by atoms with E-state index in [0.29, 0.717) is 6.42 Å². The van der Waals surface area contributed by atoms with Crippen LogP contribution in [0.4, 0.5) is 5.69 Å². The van der Waals surface area contributed by atoms with Gasteiger partial charge in [-0.2, -0.15) is 0 Å². The largest absolute Gasteiger partial charge is 0.454 e. The zero-order chi connectivity index (χ0) is 20.5. The summed E-state index contributed by atoms with van der Waals surface area (Å²) in [6.45, 7) is 4.62. The zero-order valence-corrected chi connectivity index (χ0v) is 17.1. The summed E-state index contributed by atoms with van der Waals surface area (Å²) in [7, 11) is 0. The molecule has 0 spiro atoms. The molecule has 1 atom stereocenters. The Kier molecular flexibility index (Phi) is 3.58. The van der Waals surface area contributed by atoms with Crippen molar-refractivity contribution in [3.8, 4) is 11.5 Å². The van der Waals surface area contributed by atoms with E-state index in [9.17, 15) is 4.79 Å². The van der Waals surface area contributed by atoms with Gasteiger partial charge in [-0.1, -0.05) is 50.2 Å². The standard InChI is InChI=1S/C26H23NO3/c1-26(2)12-18-24(20(28)13-26)23-17-6-4-3-5-15(17)7-9-19(23)27-25(18)16-8-10-21-22(11-16)30-14-29-21/h3-11,25,27H,12-14H2,1-2H3. The van der Waals surface area contributed by atoms with Gasteiger partial charge in [-0.15, -0.1) is 0 Å². The maximum atomic E-state index is 13.5. The van der Waals surface area contributed by atoms with E-state index in [4.69, 9.17) is 9.47 Å². The number of allylic oxidation sites excluding steroid dienone is 1. The highest BCUT2D eigenvalue weighted by Crippen LogP contribution is 2.52. The van der Waals surface area contributed by atoms with E-state index < -0.39 is 0 Å². The first-order chi connectivity index (χ1) is 14.5. The normalized spacial score (nSPS) is 21.3. The summed E-state index contributed by atoms with van der Waals surface area (Å²) in [4.78, 5) is 13.5. The Bertz CT molecular complexity index is 1250. The summed E-state index contributed by atoms with van der Waals surface area (Å²) in [5, 5.41) is 6.04. The van der Waals surface area contributed by atoms with E-state index >= 15 is 0 Å². The predicted molar refractivity (Wildman–Crippen MR) is 118 cm³/mol. The molecule has 0 radical (unpaired) electrons. The number of rotatable bonds is 1. The summed E-state index contributed by atoms with van der Waals surface area (Å²) in [6.07, 6.45) is 1.45. The number of ketones is 1. The van der Waals surface area contributed by atoms with E-state index in [1.54, 1.807) is 0 Å². The van der Waals surface area contributed by atoms with Crippen LogP contribution in [0.5, 0.6) is 11.5 Å². The zero-order valence-electron chi connectivity index (χ0n) is 17.1. The summed E-state index contributed by atoms with van der Waals surface area (Å²) in [5.41, 5.74) is 5.19. The van der Waals surface area contributed by atoms with Gasteiger partial charge in [-0.05, 0) is 51.9 Å². The third kappa shape index (κ3) is 2.56. The smallest absolute Gasteiger partial charge is 0.231 e. The number of ether oxygens (including phenoxy) is 2. The molecule has 4 heteroatoms. The molecule has 1 aliphatic carbocycles. The Morgan fingerprint density at radius 1 is 0.967 bits per heavy atom. The molecular weight excluding hydrogens is 374 g/mol. The van der Waals surface area contributed by atoms with Crippen molar-refractivity contribution in [2.24, 2.45) is 5.41 Å². The molecule has 0 amide bonds. The van der Waals surface area contributed by atoms with Crippen molar-refractivity contribution in [2.75, 3.05) is 12.1 Å². The molecule has 0 bridgehead atoms. The van der Waals surface area contributed by atoms with Crippen LogP contribution in [0.15, 0.2) is 60.2 Å². The second-order valence-electron chi connectivity index (χ2n) is 9.24. The minimum atomic E-state index is -0.0633. The highest BCUT2D eigenvalue weighted by Gasteiger charge is 2.40. The Hall–Kier alpha value is -3.27. The second kappa shape index (κ2) is 6.11. The minimum Gasteiger partial charge on any atom is -0.454 e. The third-order valence-electron chi connectivity index (χ3n) is 6.47. The van der Waals surface area contributed by atoms with E-state index in [2.05, 4.69) is 49.5 Å². The highest BCUT2D eigenvalue weighted by molar-refractivity contribution is 6.28. The van der Waals surface area contributed by atoms with Crippen molar-refractivity contribution >= 4 is 27.8 Å². The van der Waals surface area contributed by atoms with Crippen molar-refractivity contribution in [3.05, 3.63) is 71.3 Å². The Balaban J connectivity index is 1.60. The molecule has 2 heterocycles. The lowest BCUT2D eigenvalue weighted by Crippen LogP contribution is -2.32. The van der Waals surface area contributed by atoms with Crippen molar-refractivity contribution in [1.29, 1.82) is 0 Å². The number of Topliss-reactive ketones (excluding diaryl/α,β-unsaturated/α-hetero) is 1. The number of fused-ring (bicyclic) bond motifs is 5. The van der Waals surface area contributed by atoms with E-state index in [1.165, 1.54) is 5.57 Å². The number of nitrogens with one attached hydrogen (secondary N) is 1. The van der Waals surface area contributed by atoms with Crippen LogP contribution in [0.25, 0.3) is 16.3 Å². The second-order valence-corrected chi connectivity index (χ2v) is 9.24. The summed E-state index contributed by atoms with van der Waals surface area (Å²) < 4.78 is 11.1. The van der Waals surface area contributed by atoms with Crippen LogP contribution in [0.1, 0.15) is 43.9 Å². The van der Waals surface area contributed by atoms with Gasteiger partial charge in [0.15, 0.2) is 17.3 Å². The fourth-order valence-electron chi connectivity index (χ4n) is 5.20. The molecule has 1 unspecified atom stereocenters. The molecular formula is C26H23NO3. The van der Waals surface area contributed by atoms with Gasteiger partial charge in [0.05, 0.1) is 6.04 Å². The predicted octanol–water partition coefficient (Wildman–Crippen LogP) is 5.88. The molecule has 1 N–H and O–H groups in total. The van der Waals surface area contributed by atoms with Gasteiger partial charge in [0.1, 0.15) is 0 Å². The maximum Gasteiger partial charge on any atom is 0.231 e. The van der Waals surface area contributed by atoms with E-state index in [0.717, 1.165) is 51.1 Å². The fourth-order valence-corrected chi connectivity index (χ4v) is 5.20. The first-order valence-corrected chi connectivity index (χ1v) is 10.4. The molecule has 0 saturated carbocycles. The average Bonchev–Trinajstić information content (AvgIpc) is 3.19. The maximum absolute atomic E-state index is 13.5. The lowest BCUT2D eigenvalue weighted by atomic mass is 9.68. The number of hydrogen-bond acceptors (Lipinski definition) is 4. The monoisotopic (exact) mass is 397 g/mol. The number of carbonyl (C=O) groups excluding carboxylic acids is 1. The summed E-state index contributed by atoms with van der Waals surface area (Å²) >= 11 is 0. The molecule has 3 aromatic carbocycles. The Morgan fingerprint density at radius 3 is 2.70 bits per heavy atom. The average molecular weight is 397 g/mol. The van der Waals surface area contributed by atoms with Gasteiger partial charge >= 0.3 is 0 Å². The minimum absolute atomic E-state index is 0.0612. The molecule has 3 aromatic rings. The lowest BCUT2D eigenvalue weighted by molar-refractivity contribution is -0.116. The molecule has 0 saturated heterocycles. The SMILES string of the molecule is CC1(C)CC(=O)C2=C(C1)C(c1ccc3c(c1)OCO3)Nc1ccc3ccccc3c12. The molecule has 3 aliphatic rings. The quantitative estimate of drug-likeness (QED) is 0.557. The van der Waals surface area contributed by atoms with Gasteiger partial charge in [0.25, 0.3) is 0 Å². The lowest BCUT2D eigenvalue weighted by Gasteiger charge is -2.40. The molecule has 150 valence electrons. The van der Waals surface area contributed by atoms with Gasteiger partial charge in [0.2, 0.25) is 6.79 Å².